The summed E-state index contributed by atoms with van der Waals surface area (Å²) in [4.78, 5) is 0.841. The van der Waals surface area contributed by atoms with Crippen molar-refractivity contribution in [2.24, 2.45) is 5.92 Å². The summed E-state index contributed by atoms with van der Waals surface area (Å²) < 4.78 is 40.2. The van der Waals surface area contributed by atoms with E-state index in [1.807, 2.05) is 44.2 Å². The van der Waals surface area contributed by atoms with Crippen molar-refractivity contribution in [1.29, 1.82) is 0 Å². The maximum absolute atomic E-state index is 13.1. The average molecular weight is 511 g/mol. The Labute approximate surface area is 210 Å². The van der Waals surface area contributed by atoms with Crippen LogP contribution in [0, 0.1) is 5.92 Å². The maximum Gasteiger partial charge on any atom is 0.192 e. The van der Waals surface area contributed by atoms with E-state index in [4.69, 9.17) is 18.6 Å². The van der Waals surface area contributed by atoms with Gasteiger partial charge in [0.25, 0.3) is 0 Å². The topological polar surface area (TPSA) is 54.0 Å². The van der Waals surface area contributed by atoms with Crippen LogP contribution in [0.25, 0.3) is 0 Å². The SMILES string of the molecule is CC[C@@H](O[Si](C)(C)C(C)(C)C)[C@@]1(C)O[C@@H]([C@H](C)CS(=O)c2ccccc2)[C@]2(C)OC(C)(C)O[C@H]12. The van der Waals surface area contributed by atoms with E-state index < -0.39 is 36.1 Å². The summed E-state index contributed by atoms with van der Waals surface area (Å²) in [6.07, 6.45) is 0.125. The van der Waals surface area contributed by atoms with Crippen LogP contribution in [0.5, 0.6) is 0 Å². The lowest BCUT2D eigenvalue weighted by Gasteiger charge is -2.45. The normalized spacial score (nSPS) is 34.0. The third-order valence-corrected chi connectivity index (χ3v) is 14.2. The standard InChI is InChI=1S/C27H46O5SSi/c1-12-21(31-34(10,11)24(3,4)5)26(8)23-27(9,32-25(6,7)30-23)22(29-26)19(2)18-33(28)20-16-14-13-15-17-20/h13-17,19,21-23H,12,18H2,1-11H3/t19-,21-,22+,23-,26-,27+,33?/m1/s1. The van der Waals surface area contributed by atoms with Gasteiger partial charge >= 0.3 is 0 Å². The van der Waals surface area contributed by atoms with Gasteiger partial charge < -0.3 is 18.6 Å². The molecule has 2 aliphatic heterocycles. The van der Waals surface area contributed by atoms with E-state index in [0.717, 1.165) is 11.3 Å². The van der Waals surface area contributed by atoms with Gasteiger partial charge in [0.2, 0.25) is 0 Å². The lowest BCUT2D eigenvalue weighted by molar-refractivity contribution is -0.236. The zero-order valence-corrected chi connectivity index (χ0v) is 24.9. The predicted molar refractivity (Wildman–Crippen MR) is 141 cm³/mol. The Hall–Kier alpha value is -0.573. The molecule has 7 atom stereocenters. The molecule has 3 rings (SSSR count). The molecule has 194 valence electrons. The molecule has 1 aromatic rings. The molecule has 2 heterocycles. The predicted octanol–water partition coefficient (Wildman–Crippen LogP) is 6.30. The fourth-order valence-electron chi connectivity index (χ4n) is 5.41. The molecule has 2 aliphatic rings. The van der Waals surface area contributed by atoms with Crippen LogP contribution in [0.4, 0.5) is 0 Å². The first kappa shape index (κ1) is 28.0. The van der Waals surface area contributed by atoms with Gasteiger partial charge in [-0.15, -0.1) is 0 Å². The van der Waals surface area contributed by atoms with Gasteiger partial charge in [-0.25, -0.2) is 0 Å². The molecule has 0 aromatic heterocycles. The highest BCUT2D eigenvalue weighted by molar-refractivity contribution is 7.85. The fourth-order valence-corrected chi connectivity index (χ4v) is 8.18. The monoisotopic (exact) mass is 510 g/mol. The van der Waals surface area contributed by atoms with Crippen LogP contribution >= 0.6 is 0 Å². The van der Waals surface area contributed by atoms with Crippen LogP contribution in [0.1, 0.15) is 68.7 Å². The van der Waals surface area contributed by atoms with Gasteiger partial charge in [-0.05, 0) is 70.3 Å². The van der Waals surface area contributed by atoms with Crippen molar-refractivity contribution in [3.05, 3.63) is 30.3 Å². The van der Waals surface area contributed by atoms with E-state index >= 15 is 0 Å². The van der Waals surface area contributed by atoms with Gasteiger partial charge in [0, 0.05) is 10.6 Å². The molecular formula is C27H46O5SSi. The van der Waals surface area contributed by atoms with Gasteiger partial charge in [0.15, 0.2) is 14.1 Å². The van der Waals surface area contributed by atoms with Gasteiger partial charge in [-0.2, -0.15) is 0 Å². The lowest BCUT2D eigenvalue weighted by Crippen LogP contribution is -2.57. The summed E-state index contributed by atoms with van der Waals surface area (Å²) in [5.74, 6) is -0.231. The Kier molecular flexibility index (Phi) is 7.73. The summed E-state index contributed by atoms with van der Waals surface area (Å²) in [5.41, 5.74) is -1.34. The molecule has 0 spiro atoms. The number of hydrogen-bond acceptors (Lipinski definition) is 5. The second kappa shape index (κ2) is 9.38. The Bertz CT molecular complexity index is 883. The molecule has 0 N–H and O–H groups in total. The minimum Gasteiger partial charge on any atom is -0.411 e. The van der Waals surface area contributed by atoms with Gasteiger partial charge in [0.05, 0.1) is 23.0 Å². The molecular weight excluding hydrogens is 464 g/mol. The first-order valence-electron chi connectivity index (χ1n) is 12.6. The highest BCUT2D eigenvalue weighted by atomic mass is 32.2. The number of ether oxygens (including phenoxy) is 3. The van der Waals surface area contributed by atoms with E-state index in [2.05, 4.69) is 61.6 Å². The maximum atomic E-state index is 13.1. The minimum absolute atomic E-state index is 0.00163. The van der Waals surface area contributed by atoms with E-state index in [1.54, 1.807) is 0 Å². The molecule has 5 nitrogen and oxygen atoms in total. The summed E-state index contributed by atoms with van der Waals surface area (Å²) in [5, 5.41) is 0.0876. The molecule has 2 saturated heterocycles. The van der Waals surface area contributed by atoms with Crippen molar-refractivity contribution in [2.75, 3.05) is 5.75 Å². The van der Waals surface area contributed by atoms with Crippen LogP contribution in [0.2, 0.25) is 18.1 Å². The summed E-state index contributed by atoms with van der Waals surface area (Å²) in [7, 11) is -3.17. The molecule has 7 heteroatoms. The van der Waals surface area contributed by atoms with Crippen molar-refractivity contribution in [3.63, 3.8) is 0 Å². The molecule has 0 aliphatic carbocycles. The lowest BCUT2D eigenvalue weighted by atomic mass is 9.80. The third kappa shape index (κ3) is 5.11. The van der Waals surface area contributed by atoms with Crippen molar-refractivity contribution >= 4 is 19.1 Å². The second-order valence-electron chi connectivity index (χ2n) is 12.5. The summed E-state index contributed by atoms with van der Waals surface area (Å²) >= 11 is 0. The summed E-state index contributed by atoms with van der Waals surface area (Å²) in [6.45, 7) is 23.8. The zero-order chi connectivity index (χ0) is 25.7. The summed E-state index contributed by atoms with van der Waals surface area (Å²) in [6, 6.07) is 9.65. The van der Waals surface area contributed by atoms with E-state index in [9.17, 15) is 4.21 Å². The number of rotatable bonds is 8. The molecule has 0 radical (unpaired) electrons. The number of fused-ring (bicyclic) bond motifs is 1. The highest BCUT2D eigenvalue weighted by Crippen LogP contribution is 2.55. The third-order valence-electron chi connectivity index (χ3n) is 8.04. The van der Waals surface area contributed by atoms with Crippen LogP contribution in [0.15, 0.2) is 35.2 Å². The Balaban J connectivity index is 1.93. The van der Waals surface area contributed by atoms with Crippen LogP contribution in [0.3, 0.4) is 0 Å². The van der Waals surface area contributed by atoms with Gasteiger partial charge in [-0.3, -0.25) is 4.21 Å². The smallest absolute Gasteiger partial charge is 0.192 e. The molecule has 1 aromatic carbocycles. The zero-order valence-electron chi connectivity index (χ0n) is 23.1. The van der Waals surface area contributed by atoms with Crippen molar-refractivity contribution in [3.8, 4) is 0 Å². The van der Waals surface area contributed by atoms with Crippen LogP contribution < -0.4 is 0 Å². The van der Waals surface area contributed by atoms with Gasteiger partial charge in [0.1, 0.15) is 17.3 Å². The first-order valence-corrected chi connectivity index (χ1v) is 16.9. The molecule has 0 saturated carbocycles. The van der Waals surface area contributed by atoms with Crippen LogP contribution in [-0.4, -0.2) is 53.6 Å². The fraction of sp³-hybridized carbons (Fsp3) is 0.778. The van der Waals surface area contributed by atoms with Crippen molar-refractivity contribution in [1.82, 2.24) is 0 Å². The van der Waals surface area contributed by atoms with Crippen molar-refractivity contribution in [2.45, 2.75) is 127 Å². The van der Waals surface area contributed by atoms with Crippen molar-refractivity contribution < 1.29 is 22.8 Å². The minimum atomic E-state index is -2.05. The number of benzene rings is 1. The Morgan fingerprint density at radius 1 is 1.09 bits per heavy atom. The van der Waals surface area contributed by atoms with Crippen LogP contribution in [-0.2, 0) is 29.4 Å². The first-order chi connectivity index (χ1) is 15.5. The average Bonchev–Trinajstić information content (AvgIpc) is 3.10. The number of hydrogen-bond donors (Lipinski definition) is 0. The molecule has 34 heavy (non-hydrogen) atoms. The Morgan fingerprint density at radius 2 is 1.68 bits per heavy atom. The largest absolute Gasteiger partial charge is 0.411 e. The van der Waals surface area contributed by atoms with Gasteiger partial charge in [-0.1, -0.05) is 52.8 Å². The highest BCUT2D eigenvalue weighted by Gasteiger charge is 2.70. The van der Waals surface area contributed by atoms with E-state index in [1.165, 1.54) is 0 Å². The molecule has 2 fully saturated rings. The van der Waals surface area contributed by atoms with E-state index in [0.29, 0.717) is 5.75 Å². The molecule has 1 unspecified atom stereocenters. The molecule has 0 bridgehead atoms. The second-order valence-corrected chi connectivity index (χ2v) is 18.7. The molecule has 0 amide bonds. The Morgan fingerprint density at radius 3 is 2.21 bits per heavy atom. The quantitative estimate of drug-likeness (QED) is 0.384. The van der Waals surface area contributed by atoms with E-state index in [-0.39, 0.29) is 29.3 Å².